The molecule has 0 spiro atoms. The maximum atomic E-state index is 12.1. The van der Waals surface area contributed by atoms with Crippen LogP contribution in [0.15, 0.2) is 53.4 Å². The van der Waals surface area contributed by atoms with Crippen molar-refractivity contribution in [3.05, 3.63) is 58.6 Å². The molecular formula is C22H25N5O3S2. The molecule has 1 saturated heterocycles. The van der Waals surface area contributed by atoms with E-state index in [9.17, 15) is 14.9 Å². The van der Waals surface area contributed by atoms with Gasteiger partial charge in [-0.05, 0) is 18.2 Å². The van der Waals surface area contributed by atoms with Crippen LogP contribution in [0.2, 0.25) is 0 Å². The molecule has 1 aromatic heterocycles. The second-order valence-corrected chi connectivity index (χ2v) is 9.67. The number of thiazole rings is 1. The molecule has 8 nitrogen and oxygen atoms in total. The minimum atomic E-state index is -0.376. The average Bonchev–Trinajstić information content (AvgIpc) is 3.24. The summed E-state index contributed by atoms with van der Waals surface area (Å²) in [5, 5.41) is 14.9. The summed E-state index contributed by atoms with van der Waals surface area (Å²) in [7, 11) is 0. The number of nitrogens with one attached hydrogen (secondary N) is 1. The van der Waals surface area contributed by atoms with Crippen LogP contribution in [0.5, 0.6) is 0 Å². The average molecular weight is 472 g/mol. The van der Waals surface area contributed by atoms with Gasteiger partial charge >= 0.3 is 0 Å². The molecule has 4 rings (SSSR count). The molecule has 1 N–H and O–H groups in total. The largest absolute Gasteiger partial charge is 0.355 e. The summed E-state index contributed by atoms with van der Waals surface area (Å²) in [4.78, 5) is 33.1. The van der Waals surface area contributed by atoms with Gasteiger partial charge in [0.2, 0.25) is 5.91 Å². The number of thioether (sulfide) groups is 1. The zero-order valence-corrected chi connectivity index (χ0v) is 19.2. The van der Waals surface area contributed by atoms with Crippen LogP contribution in [0.25, 0.3) is 10.2 Å². The molecule has 1 aliphatic heterocycles. The number of hydrogen-bond donors (Lipinski definition) is 1. The second-order valence-electron chi connectivity index (χ2n) is 7.50. The van der Waals surface area contributed by atoms with Crippen LogP contribution in [0.1, 0.15) is 6.42 Å². The number of benzene rings is 2. The maximum Gasteiger partial charge on any atom is 0.270 e. The van der Waals surface area contributed by atoms with E-state index in [0.29, 0.717) is 13.0 Å². The van der Waals surface area contributed by atoms with Crippen molar-refractivity contribution < 1.29 is 9.72 Å². The van der Waals surface area contributed by atoms with E-state index in [-0.39, 0.29) is 16.5 Å². The molecule has 1 aliphatic rings. The van der Waals surface area contributed by atoms with Crippen molar-refractivity contribution in [2.24, 2.45) is 0 Å². The number of nitro benzene ring substituents is 1. The monoisotopic (exact) mass is 471 g/mol. The summed E-state index contributed by atoms with van der Waals surface area (Å²) < 4.78 is 0.838. The van der Waals surface area contributed by atoms with Gasteiger partial charge in [0, 0.05) is 68.5 Å². The fourth-order valence-electron chi connectivity index (χ4n) is 3.53. The number of anilines is 1. The Morgan fingerprint density at radius 1 is 1.16 bits per heavy atom. The number of piperazine rings is 1. The van der Waals surface area contributed by atoms with E-state index in [4.69, 9.17) is 0 Å². The molecule has 0 bridgehead atoms. The minimum absolute atomic E-state index is 0.0932. The van der Waals surface area contributed by atoms with Gasteiger partial charge in [-0.2, -0.15) is 0 Å². The van der Waals surface area contributed by atoms with Crippen LogP contribution in [0.4, 0.5) is 10.8 Å². The van der Waals surface area contributed by atoms with E-state index >= 15 is 0 Å². The van der Waals surface area contributed by atoms with E-state index < -0.39 is 0 Å². The third-order valence-electron chi connectivity index (χ3n) is 5.31. The van der Waals surface area contributed by atoms with Crippen molar-refractivity contribution >= 4 is 50.0 Å². The lowest BCUT2D eigenvalue weighted by atomic mass is 10.3. The zero-order chi connectivity index (χ0) is 22.3. The van der Waals surface area contributed by atoms with Gasteiger partial charge < -0.3 is 10.2 Å². The summed E-state index contributed by atoms with van der Waals surface area (Å²) in [5.74, 6) is 0.871. The van der Waals surface area contributed by atoms with Crippen molar-refractivity contribution in [3.8, 4) is 0 Å². The number of aromatic nitrogens is 1. The Labute approximate surface area is 194 Å². The third kappa shape index (κ3) is 5.96. The Morgan fingerprint density at radius 2 is 1.94 bits per heavy atom. The smallest absolute Gasteiger partial charge is 0.270 e. The van der Waals surface area contributed by atoms with Crippen molar-refractivity contribution in [1.82, 2.24) is 15.2 Å². The number of rotatable bonds is 9. The van der Waals surface area contributed by atoms with Gasteiger partial charge in [-0.25, -0.2) is 4.98 Å². The van der Waals surface area contributed by atoms with Crippen molar-refractivity contribution in [2.75, 3.05) is 49.9 Å². The molecule has 2 aromatic carbocycles. The highest BCUT2D eigenvalue weighted by Crippen LogP contribution is 2.31. The zero-order valence-electron chi connectivity index (χ0n) is 17.6. The second kappa shape index (κ2) is 10.8. The van der Waals surface area contributed by atoms with Crippen molar-refractivity contribution in [1.29, 1.82) is 0 Å². The van der Waals surface area contributed by atoms with E-state index in [1.807, 2.05) is 18.2 Å². The fraction of sp³-hybridized carbons (Fsp3) is 0.364. The van der Waals surface area contributed by atoms with Crippen LogP contribution < -0.4 is 10.2 Å². The lowest BCUT2D eigenvalue weighted by molar-refractivity contribution is -0.384. The van der Waals surface area contributed by atoms with Gasteiger partial charge in [-0.15, -0.1) is 11.8 Å². The Bertz CT molecular complexity index is 1070. The van der Waals surface area contributed by atoms with Crippen LogP contribution in [-0.2, 0) is 4.79 Å². The number of non-ortho nitro benzene ring substituents is 1. The highest BCUT2D eigenvalue weighted by molar-refractivity contribution is 7.99. The molecule has 0 aliphatic carbocycles. The van der Waals surface area contributed by atoms with Crippen molar-refractivity contribution in [2.45, 2.75) is 11.3 Å². The van der Waals surface area contributed by atoms with Crippen LogP contribution in [0.3, 0.4) is 0 Å². The molecule has 0 saturated carbocycles. The Kier molecular flexibility index (Phi) is 7.56. The van der Waals surface area contributed by atoms with E-state index in [1.165, 1.54) is 22.3 Å². The summed E-state index contributed by atoms with van der Waals surface area (Å²) in [6.45, 7) is 4.98. The lowest BCUT2D eigenvalue weighted by Gasteiger charge is -2.34. The summed E-state index contributed by atoms with van der Waals surface area (Å²) >= 11 is 3.19. The van der Waals surface area contributed by atoms with E-state index in [0.717, 1.165) is 53.8 Å². The molecule has 1 fully saturated rings. The SMILES string of the molecule is O=C(CCSc1ccccc1)NCCN1CCN(c2nc3ccc([N+](=O)[O-])cc3s2)CC1. The number of nitrogens with zero attached hydrogens (tertiary/aromatic N) is 4. The predicted molar refractivity (Wildman–Crippen MR) is 130 cm³/mol. The quantitative estimate of drug-likeness (QED) is 0.289. The Hall–Kier alpha value is -2.69. The van der Waals surface area contributed by atoms with Crippen molar-refractivity contribution in [3.63, 3.8) is 0 Å². The highest BCUT2D eigenvalue weighted by atomic mass is 32.2. The minimum Gasteiger partial charge on any atom is -0.355 e. The molecule has 2 heterocycles. The first-order valence-electron chi connectivity index (χ1n) is 10.6. The molecule has 10 heteroatoms. The first-order valence-corrected chi connectivity index (χ1v) is 12.4. The molecule has 0 atom stereocenters. The molecule has 0 unspecified atom stereocenters. The van der Waals surface area contributed by atoms with Crippen LogP contribution in [0, 0.1) is 10.1 Å². The number of hydrogen-bond acceptors (Lipinski definition) is 8. The summed E-state index contributed by atoms with van der Waals surface area (Å²) in [6, 6.07) is 14.9. The molecule has 168 valence electrons. The first kappa shape index (κ1) is 22.5. The fourth-order valence-corrected chi connectivity index (χ4v) is 5.46. The molecule has 0 radical (unpaired) electrons. The van der Waals surface area contributed by atoms with Crippen LogP contribution >= 0.6 is 23.1 Å². The molecular weight excluding hydrogens is 446 g/mol. The van der Waals surface area contributed by atoms with E-state index in [1.54, 1.807) is 23.9 Å². The normalized spacial score (nSPS) is 14.6. The van der Waals surface area contributed by atoms with Gasteiger partial charge in [0.05, 0.1) is 15.1 Å². The number of fused-ring (bicyclic) bond motifs is 1. The Morgan fingerprint density at radius 3 is 2.69 bits per heavy atom. The molecule has 1 amide bonds. The third-order valence-corrected chi connectivity index (χ3v) is 7.40. The predicted octanol–water partition coefficient (Wildman–Crippen LogP) is 3.63. The first-order chi connectivity index (χ1) is 15.6. The van der Waals surface area contributed by atoms with Gasteiger partial charge in [0.15, 0.2) is 5.13 Å². The standard InChI is InChI=1S/C22H25N5O3S2/c28-21(8-15-31-18-4-2-1-3-5-18)23-9-10-25-11-13-26(14-12-25)22-24-19-7-6-17(27(29)30)16-20(19)32-22/h1-7,16H,8-15H2,(H,23,28). The maximum absolute atomic E-state index is 12.1. The topological polar surface area (TPSA) is 91.6 Å². The van der Waals surface area contributed by atoms with Gasteiger partial charge in [0.25, 0.3) is 5.69 Å². The van der Waals surface area contributed by atoms with Gasteiger partial charge in [-0.1, -0.05) is 29.5 Å². The van der Waals surface area contributed by atoms with Gasteiger partial charge in [0.1, 0.15) is 0 Å². The number of amides is 1. The number of carbonyl (C=O) groups excluding carboxylic acids is 1. The Balaban J connectivity index is 1.16. The highest BCUT2D eigenvalue weighted by Gasteiger charge is 2.20. The summed E-state index contributed by atoms with van der Waals surface area (Å²) in [5.41, 5.74) is 0.893. The van der Waals surface area contributed by atoms with Crippen LogP contribution in [-0.4, -0.2) is 65.7 Å². The summed E-state index contributed by atoms with van der Waals surface area (Å²) in [6.07, 6.45) is 0.517. The molecule has 32 heavy (non-hydrogen) atoms. The molecule has 3 aromatic rings. The lowest BCUT2D eigenvalue weighted by Crippen LogP contribution is -2.48. The van der Waals surface area contributed by atoms with E-state index in [2.05, 4.69) is 32.2 Å². The number of nitro groups is 1. The van der Waals surface area contributed by atoms with Gasteiger partial charge in [-0.3, -0.25) is 19.8 Å². The number of carbonyl (C=O) groups is 1.